The number of rotatable bonds is 3. The highest BCUT2D eigenvalue weighted by Gasteiger charge is 2.45. The molecule has 3 atom stereocenters. The lowest BCUT2D eigenvalue weighted by Crippen LogP contribution is -2.42. The van der Waals surface area contributed by atoms with E-state index in [2.05, 4.69) is 15.4 Å². The minimum absolute atomic E-state index is 0.0553. The third-order valence-corrected chi connectivity index (χ3v) is 5.27. The Bertz CT molecular complexity index is 818. The van der Waals surface area contributed by atoms with Crippen molar-refractivity contribution in [3.63, 3.8) is 0 Å². The topological polar surface area (TPSA) is 78.3 Å². The first-order valence-corrected chi connectivity index (χ1v) is 8.84. The van der Waals surface area contributed by atoms with Crippen LogP contribution in [0.1, 0.15) is 30.1 Å². The van der Waals surface area contributed by atoms with Crippen molar-refractivity contribution in [2.75, 3.05) is 13.2 Å². The zero-order chi connectivity index (χ0) is 16.8. The molecule has 1 saturated carbocycles. The summed E-state index contributed by atoms with van der Waals surface area (Å²) < 4.78 is 13.1. The first-order chi connectivity index (χ1) is 12.3. The first kappa shape index (κ1) is 14.7. The van der Waals surface area contributed by atoms with Gasteiger partial charge in [-0.3, -0.25) is 4.79 Å². The molecule has 5 rings (SSSR count). The molecule has 2 aromatic rings. The number of nitrogens with zero attached hydrogens (tertiary/aromatic N) is 3. The van der Waals surface area contributed by atoms with E-state index in [1.54, 1.807) is 6.33 Å². The van der Waals surface area contributed by atoms with Gasteiger partial charge in [-0.05, 0) is 36.5 Å². The van der Waals surface area contributed by atoms with Crippen molar-refractivity contribution in [2.45, 2.75) is 37.8 Å². The Morgan fingerprint density at radius 3 is 3.04 bits per heavy atom. The summed E-state index contributed by atoms with van der Waals surface area (Å²) >= 11 is 0. The number of nitrogens with one attached hydrogen (secondary N) is 1. The maximum atomic E-state index is 12.6. The van der Waals surface area contributed by atoms with Crippen LogP contribution in [0, 0.1) is 5.92 Å². The summed E-state index contributed by atoms with van der Waals surface area (Å²) in [4.78, 5) is 16.8. The van der Waals surface area contributed by atoms with Gasteiger partial charge in [0, 0.05) is 18.4 Å². The smallest absolute Gasteiger partial charge is 0.224 e. The van der Waals surface area contributed by atoms with Gasteiger partial charge >= 0.3 is 0 Å². The minimum Gasteiger partial charge on any atom is -0.486 e. The number of fused-ring (bicyclic) bond motifs is 2. The van der Waals surface area contributed by atoms with Gasteiger partial charge < -0.3 is 14.8 Å². The molecule has 3 aliphatic rings. The monoisotopic (exact) mass is 340 g/mol. The number of ether oxygens (including phenoxy) is 2. The third-order valence-electron chi connectivity index (χ3n) is 5.27. The molecule has 3 unspecified atom stereocenters. The molecule has 0 radical (unpaired) electrons. The molecule has 25 heavy (non-hydrogen) atoms. The molecule has 0 saturated heterocycles. The van der Waals surface area contributed by atoms with E-state index in [0.29, 0.717) is 19.8 Å². The van der Waals surface area contributed by atoms with Crippen LogP contribution in [-0.2, 0) is 17.8 Å². The number of hydrogen-bond donors (Lipinski definition) is 1. The Morgan fingerprint density at radius 2 is 2.12 bits per heavy atom. The van der Waals surface area contributed by atoms with Crippen LogP contribution in [0.15, 0.2) is 24.5 Å². The van der Waals surface area contributed by atoms with Crippen molar-refractivity contribution < 1.29 is 14.3 Å². The molecule has 1 aliphatic carbocycles. The van der Waals surface area contributed by atoms with Gasteiger partial charge in [0.05, 0.1) is 6.54 Å². The Labute approximate surface area is 145 Å². The molecule has 7 heteroatoms. The second-order valence-corrected chi connectivity index (χ2v) is 6.95. The summed E-state index contributed by atoms with van der Waals surface area (Å²) in [5, 5.41) is 7.40. The predicted molar refractivity (Wildman–Crippen MR) is 88.6 cm³/mol. The fourth-order valence-electron chi connectivity index (χ4n) is 3.81. The van der Waals surface area contributed by atoms with E-state index in [-0.39, 0.29) is 23.8 Å². The highest BCUT2D eigenvalue weighted by atomic mass is 16.6. The van der Waals surface area contributed by atoms with Crippen molar-refractivity contribution in [3.8, 4) is 11.5 Å². The molecule has 130 valence electrons. The van der Waals surface area contributed by atoms with Crippen LogP contribution in [0.4, 0.5) is 0 Å². The lowest BCUT2D eigenvalue weighted by atomic mass is 10.1. The van der Waals surface area contributed by atoms with Crippen molar-refractivity contribution in [3.05, 3.63) is 35.9 Å². The van der Waals surface area contributed by atoms with Crippen LogP contribution >= 0.6 is 0 Å². The van der Waals surface area contributed by atoms with E-state index < -0.39 is 0 Å². The van der Waals surface area contributed by atoms with Crippen LogP contribution < -0.4 is 14.8 Å². The van der Waals surface area contributed by atoms with Crippen LogP contribution in [0.25, 0.3) is 0 Å². The summed E-state index contributed by atoms with van der Waals surface area (Å²) in [5.74, 6) is 3.07. The van der Waals surface area contributed by atoms with Crippen molar-refractivity contribution >= 4 is 5.91 Å². The largest absolute Gasteiger partial charge is 0.486 e. The molecule has 3 heterocycles. The molecular formula is C18H20N4O3. The Hall–Kier alpha value is -2.57. The average Bonchev–Trinajstić information content (AvgIpc) is 3.32. The summed E-state index contributed by atoms with van der Waals surface area (Å²) in [7, 11) is 0. The molecule has 1 amide bonds. The molecule has 1 fully saturated rings. The predicted octanol–water partition coefficient (Wildman–Crippen LogP) is 1.28. The maximum absolute atomic E-state index is 12.6. The highest BCUT2D eigenvalue weighted by molar-refractivity contribution is 5.83. The Kier molecular flexibility index (Phi) is 3.39. The summed E-state index contributed by atoms with van der Waals surface area (Å²) in [6.45, 7) is 1.88. The zero-order valence-electron chi connectivity index (χ0n) is 13.9. The fraction of sp³-hybridized carbons (Fsp3) is 0.500. The van der Waals surface area contributed by atoms with Gasteiger partial charge in [0.25, 0.3) is 0 Å². The molecule has 0 spiro atoms. The van der Waals surface area contributed by atoms with E-state index in [9.17, 15) is 4.79 Å². The van der Waals surface area contributed by atoms with E-state index in [0.717, 1.165) is 42.1 Å². The summed E-state index contributed by atoms with van der Waals surface area (Å²) in [5.41, 5.74) is 1.16. The molecule has 0 bridgehead atoms. The van der Waals surface area contributed by atoms with Gasteiger partial charge in [0.1, 0.15) is 25.4 Å². The Morgan fingerprint density at radius 1 is 1.24 bits per heavy atom. The van der Waals surface area contributed by atoms with E-state index in [1.807, 2.05) is 22.9 Å². The first-order valence-electron chi connectivity index (χ1n) is 8.84. The quantitative estimate of drug-likeness (QED) is 0.911. The Balaban J connectivity index is 1.22. The minimum atomic E-state index is 0.0553. The summed E-state index contributed by atoms with van der Waals surface area (Å²) in [6, 6.07) is 6.16. The molecule has 1 N–H and O–H groups in total. The number of hydrogen-bond acceptors (Lipinski definition) is 5. The van der Waals surface area contributed by atoms with Gasteiger partial charge in [0.2, 0.25) is 5.91 Å². The van der Waals surface area contributed by atoms with Crippen LogP contribution in [-0.4, -0.2) is 39.9 Å². The van der Waals surface area contributed by atoms with Crippen LogP contribution in [0.5, 0.6) is 11.5 Å². The van der Waals surface area contributed by atoms with Crippen LogP contribution in [0.3, 0.4) is 0 Å². The number of carbonyl (C=O) groups excluding carboxylic acids is 1. The highest BCUT2D eigenvalue weighted by Crippen LogP contribution is 2.49. The lowest BCUT2D eigenvalue weighted by molar-refractivity contribution is -0.123. The van der Waals surface area contributed by atoms with Crippen molar-refractivity contribution in [2.24, 2.45) is 5.92 Å². The van der Waals surface area contributed by atoms with Gasteiger partial charge in [-0.2, -0.15) is 5.10 Å². The molecular weight excluding hydrogens is 320 g/mol. The number of aryl methyl sites for hydroxylation is 1. The second kappa shape index (κ2) is 5.75. The van der Waals surface area contributed by atoms with E-state index in [1.165, 1.54) is 0 Å². The number of carbonyl (C=O) groups is 1. The average molecular weight is 340 g/mol. The van der Waals surface area contributed by atoms with Gasteiger partial charge in [-0.15, -0.1) is 0 Å². The summed E-state index contributed by atoms with van der Waals surface area (Å²) in [6.07, 6.45) is 4.26. The second-order valence-electron chi connectivity index (χ2n) is 6.95. The fourth-order valence-corrected chi connectivity index (χ4v) is 3.81. The van der Waals surface area contributed by atoms with E-state index >= 15 is 0 Å². The van der Waals surface area contributed by atoms with Gasteiger partial charge in [-0.25, -0.2) is 9.67 Å². The van der Waals surface area contributed by atoms with Crippen molar-refractivity contribution in [1.29, 1.82) is 0 Å². The standard InChI is InChI=1S/C18H20N4O3/c23-18(21-12-2-4-17-19-10-20-22(17)9-12)14-8-13(14)11-1-3-15-16(7-11)25-6-5-24-15/h1,3,7,10,12-14H,2,4-6,8-9H2,(H,21,23). The maximum Gasteiger partial charge on any atom is 0.224 e. The number of amides is 1. The van der Waals surface area contributed by atoms with E-state index in [4.69, 9.17) is 9.47 Å². The lowest BCUT2D eigenvalue weighted by Gasteiger charge is -2.23. The van der Waals surface area contributed by atoms with Crippen molar-refractivity contribution in [1.82, 2.24) is 20.1 Å². The molecule has 1 aromatic carbocycles. The SMILES string of the molecule is O=C(NC1CCc2ncnn2C1)C1CC1c1ccc2c(c1)OCCO2. The molecule has 7 nitrogen and oxygen atoms in total. The normalized spacial score (nSPS) is 26.6. The third kappa shape index (κ3) is 2.73. The number of benzene rings is 1. The zero-order valence-corrected chi connectivity index (χ0v) is 13.9. The van der Waals surface area contributed by atoms with Gasteiger partial charge in [0.15, 0.2) is 11.5 Å². The molecule has 1 aromatic heterocycles. The molecule has 2 aliphatic heterocycles. The van der Waals surface area contributed by atoms with Crippen LogP contribution in [0.2, 0.25) is 0 Å². The number of aromatic nitrogens is 3. The van der Waals surface area contributed by atoms with Gasteiger partial charge in [-0.1, -0.05) is 6.07 Å².